The van der Waals surface area contributed by atoms with Gasteiger partial charge in [-0.1, -0.05) is 5.16 Å². The second kappa shape index (κ2) is 6.83. The zero-order valence-corrected chi connectivity index (χ0v) is 14.6. The van der Waals surface area contributed by atoms with Crippen molar-refractivity contribution in [1.82, 2.24) is 9.72 Å². The van der Waals surface area contributed by atoms with E-state index in [9.17, 15) is 14.8 Å². The first-order valence-electron chi connectivity index (χ1n) is 7.89. The molecule has 3 aromatic rings. The van der Waals surface area contributed by atoms with Crippen LogP contribution in [-0.4, -0.2) is 28.1 Å². The molecule has 0 aromatic carbocycles. The Kier molecular flexibility index (Phi) is 4.57. The third kappa shape index (κ3) is 3.21. The van der Waals surface area contributed by atoms with Crippen LogP contribution in [0.25, 0.3) is 5.82 Å². The number of ether oxygens (including phenoxy) is 1. The summed E-state index contributed by atoms with van der Waals surface area (Å²) in [5.41, 5.74) is 1.70. The Morgan fingerprint density at radius 2 is 2.04 bits per heavy atom. The van der Waals surface area contributed by atoms with Gasteiger partial charge >= 0.3 is 11.7 Å². The van der Waals surface area contributed by atoms with Gasteiger partial charge in [-0.05, 0) is 32.9 Å². The van der Waals surface area contributed by atoms with Gasteiger partial charge in [0.15, 0.2) is 18.6 Å². The number of nitrogens with zero attached hydrogens (tertiary/aromatic N) is 3. The number of aromatic nitrogens is 3. The highest BCUT2D eigenvalue weighted by molar-refractivity contribution is 6.00. The standard InChI is InChI=1S/C18H17N3O5/c1-11-8-14(13(3)21(11)17-9-12(2)26-19-17)16(22)10-25-18(23)15-6-4-5-7-20(15)24/h4-9H,10H2,1-3H3. The normalized spacial score (nSPS) is 10.7. The average Bonchev–Trinajstić information content (AvgIpc) is 3.15. The molecule has 0 saturated heterocycles. The number of pyridine rings is 1. The van der Waals surface area contributed by atoms with Crippen LogP contribution in [0.5, 0.6) is 0 Å². The van der Waals surface area contributed by atoms with E-state index in [1.807, 2.05) is 6.92 Å². The van der Waals surface area contributed by atoms with Gasteiger partial charge in [0.05, 0.1) is 0 Å². The van der Waals surface area contributed by atoms with Crippen LogP contribution in [0.15, 0.2) is 41.1 Å². The van der Waals surface area contributed by atoms with E-state index in [0.717, 1.165) is 5.69 Å². The minimum Gasteiger partial charge on any atom is -0.618 e. The third-order valence-corrected chi connectivity index (χ3v) is 3.94. The SMILES string of the molecule is Cc1cc(-n2c(C)cc(C(=O)COC(=O)c3cccc[n+]3[O-])c2C)no1. The van der Waals surface area contributed by atoms with Crippen LogP contribution >= 0.6 is 0 Å². The van der Waals surface area contributed by atoms with Crippen LogP contribution in [0.4, 0.5) is 0 Å². The Morgan fingerprint density at radius 3 is 2.69 bits per heavy atom. The van der Waals surface area contributed by atoms with Gasteiger partial charge in [-0.2, -0.15) is 4.73 Å². The van der Waals surface area contributed by atoms with Gasteiger partial charge in [-0.15, -0.1) is 0 Å². The van der Waals surface area contributed by atoms with Gasteiger partial charge < -0.3 is 14.5 Å². The van der Waals surface area contributed by atoms with Crippen LogP contribution in [0.1, 0.15) is 38.0 Å². The lowest BCUT2D eigenvalue weighted by atomic mass is 10.1. The average molecular weight is 355 g/mol. The number of hydrogen-bond acceptors (Lipinski definition) is 6. The molecule has 0 atom stereocenters. The van der Waals surface area contributed by atoms with Gasteiger partial charge in [-0.3, -0.25) is 9.36 Å². The Balaban J connectivity index is 1.77. The zero-order valence-electron chi connectivity index (χ0n) is 14.6. The molecule has 134 valence electrons. The monoisotopic (exact) mass is 355 g/mol. The highest BCUT2D eigenvalue weighted by Crippen LogP contribution is 2.21. The van der Waals surface area contributed by atoms with Crippen LogP contribution in [0, 0.1) is 26.0 Å². The second-order valence-electron chi connectivity index (χ2n) is 5.83. The van der Waals surface area contributed by atoms with Crippen molar-refractivity contribution in [3.05, 3.63) is 70.1 Å². The first-order chi connectivity index (χ1) is 12.4. The van der Waals surface area contributed by atoms with E-state index < -0.39 is 12.6 Å². The summed E-state index contributed by atoms with van der Waals surface area (Å²) in [7, 11) is 0. The van der Waals surface area contributed by atoms with Crippen LogP contribution in [-0.2, 0) is 4.74 Å². The van der Waals surface area contributed by atoms with E-state index in [-0.39, 0.29) is 11.5 Å². The summed E-state index contributed by atoms with van der Waals surface area (Å²) in [6.45, 7) is 4.93. The molecule has 0 fully saturated rings. The molecule has 3 aromatic heterocycles. The predicted octanol–water partition coefficient (Wildman–Crippen LogP) is 2.06. The number of aryl methyl sites for hydroxylation is 2. The maximum atomic E-state index is 12.5. The maximum absolute atomic E-state index is 12.5. The van der Waals surface area contributed by atoms with Gasteiger partial charge in [-0.25, -0.2) is 4.79 Å². The van der Waals surface area contributed by atoms with E-state index >= 15 is 0 Å². The molecule has 0 aliphatic heterocycles. The first kappa shape index (κ1) is 17.4. The van der Waals surface area contributed by atoms with Crippen molar-refractivity contribution in [2.45, 2.75) is 20.8 Å². The Labute approximate surface area is 149 Å². The quantitative estimate of drug-likeness (QED) is 0.300. The molecular formula is C18H17N3O5. The number of carbonyl (C=O) groups excluding carboxylic acids is 2. The molecule has 0 amide bonds. The molecule has 0 aliphatic rings. The first-order valence-corrected chi connectivity index (χ1v) is 7.89. The lowest BCUT2D eigenvalue weighted by Crippen LogP contribution is -2.35. The van der Waals surface area contributed by atoms with E-state index in [4.69, 9.17) is 9.26 Å². The summed E-state index contributed by atoms with van der Waals surface area (Å²) < 4.78 is 12.2. The molecule has 3 heterocycles. The van der Waals surface area contributed by atoms with Gasteiger partial charge in [0, 0.05) is 35.2 Å². The molecule has 0 saturated carbocycles. The molecule has 0 unspecified atom stereocenters. The smallest absolute Gasteiger partial charge is 0.405 e. The molecule has 0 spiro atoms. The van der Waals surface area contributed by atoms with Crippen molar-refractivity contribution < 1.29 is 23.6 Å². The van der Waals surface area contributed by atoms with Crippen LogP contribution in [0.3, 0.4) is 0 Å². The van der Waals surface area contributed by atoms with Crippen LogP contribution < -0.4 is 4.73 Å². The minimum absolute atomic E-state index is 0.177. The Morgan fingerprint density at radius 1 is 1.27 bits per heavy atom. The topological polar surface area (TPSA) is 101 Å². The third-order valence-electron chi connectivity index (χ3n) is 3.94. The second-order valence-corrected chi connectivity index (χ2v) is 5.83. The molecule has 8 nitrogen and oxygen atoms in total. The van der Waals surface area contributed by atoms with Crippen molar-refractivity contribution in [1.29, 1.82) is 0 Å². The fourth-order valence-electron chi connectivity index (χ4n) is 2.73. The van der Waals surface area contributed by atoms with Crippen LogP contribution in [0.2, 0.25) is 0 Å². The van der Waals surface area contributed by atoms with Crippen molar-refractivity contribution in [2.24, 2.45) is 0 Å². The zero-order chi connectivity index (χ0) is 18.8. The number of hydrogen-bond donors (Lipinski definition) is 0. The Bertz CT molecular complexity index is 987. The summed E-state index contributed by atoms with van der Waals surface area (Å²) in [4.78, 5) is 24.4. The predicted molar refractivity (Wildman–Crippen MR) is 90.1 cm³/mol. The van der Waals surface area contributed by atoms with Gasteiger partial charge in [0.2, 0.25) is 5.78 Å². The molecule has 0 N–H and O–H groups in total. The minimum atomic E-state index is -0.852. The summed E-state index contributed by atoms with van der Waals surface area (Å²) in [5, 5.41) is 15.5. The lowest BCUT2D eigenvalue weighted by Gasteiger charge is -2.06. The number of esters is 1. The van der Waals surface area contributed by atoms with E-state index in [2.05, 4.69) is 5.16 Å². The molecule has 0 radical (unpaired) electrons. The number of carbonyl (C=O) groups is 2. The van der Waals surface area contributed by atoms with Crippen molar-refractivity contribution in [2.75, 3.05) is 6.61 Å². The molecule has 0 bridgehead atoms. The van der Waals surface area contributed by atoms with E-state index in [0.29, 0.717) is 27.6 Å². The maximum Gasteiger partial charge on any atom is 0.405 e. The highest BCUT2D eigenvalue weighted by Gasteiger charge is 2.22. The summed E-state index contributed by atoms with van der Waals surface area (Å²) in [6, 6.07) is 7.83. The molecule has 26 heavy (non-hydrogen) atoms. The summed E-state index contributed by atoms with van der Waals surface area (Å²) in [6.07, 6.45) is 1.19. The van der Waals surface area contributed by atoms with Crippen molar-refractivity contribution in [3.8, 4) is 5.82 Å². The highest BCUT2D eigenvalue weighted by atomic mass is 16.5. The van der Waals surface area contributed by atoms with Crippen molar-refractivity contribution in [3.63, 3.8) is 0 Å². The molecular weight excluding hydrogens is 338 g/mol. The van der Waals surface area contributed by atoms with Gasteiger partial charge in [0.25, 0.3) is 0 Å². The van der Waals surface area contributed by atoms with E-state index in [1.165, 1.54) is 18.3 Å². The fraction of sp³-hybridized carbons (Fsp3) is 0.222. The Hall–Kier alpha value is -3.42. The van der Waals surface area contributed by atoms with Gasteiger partial charge in [0.1, 0.15) is 5.76 Å². The molecule has 0 aliphatic carbocycles. The number of Topliss-reactive ketones (excluding diaryl/α,β-unsaturated/α-hetero) is 1. The fourth-order valence-corrected chi connectivity index (χ4v) is 2.73. The molecule has 3 rings (SSSR count). The summed E-state index contributed by atoms with van der Waals surface area (Å²) >= 11 is 0. The van der Waals surface area contributed by atoms with E-state index in [1.54, 1.807) is 36.6 Å². The number of ketones is 1. The lowest BCUT2D eigenvalue weighted by molar-refractivity contribution is -0.608. The molecule has 8 heteroatoms. The largest absolute Gasteiger partial charge is 0.618 e. The summed E-state index contributed by atoms with van der Waals surface area (Å²) in [5.74, 6) is 0.00879. The number of rotatable bonds is 5. The van der Waals surface area contributed by atoms with Crippen molar-refractivity contribution >= 4 is 11.8 Å².